The number of ether oxygens (including phenoxy) is 1. The van der Waals surface area contributed by atoms with E-state index in [9.17, 15) is 22.8 Å². The van der Waals surface area contributed by atoms with Crippen molar-refractivity contribution in [1.82, 2.24) is 10.2 Å². The van der Waals surface area contributed by atoms with Gasteiger partial charge in [0.2, 0.25) is 5.91 Å². The van der Waals surface area contributed by atoms with Crippen LogP contribution >= 0.6 is 0 Å². The largest absolute Gasteiger partial charge is 0.573 e. The van der Waals surface area contributed by atoms with Crippen molar-refractivity contribution >= 4 is 11.8 Å². The molecule has 1 aromatic carbocycles. The fourth-order valence-corrected chi connectivity index (χ4v) is 2.77. The molecular weight excluding hydrogens is 325 g/mol. The van der Waals surface area contributed by atoms with E-state index in [2.05, 4.69) is 10.1 Å². The maximum atomic E-state index is 12.5. The molecule has 0 radical (unpaired) electrons. The monoisotopic (exact) mass is 342 g/mol. The predicted octanol–water partition coefficient (Wildman–Crippen LogP) is 2.47. The summed E-state index contributed by atoms with van der Waals surface area (Å²) in [5.74, 6) is -0.897. The number of amides is 2. The third-order valence-electron chi connectivity index (χ3n) is 4.07. The number of likely N-dealkylation sites (tertiary alicyclic amines) is 1. The lowest BCUT2D eigenvalue weighted by Gasteiger charge is -2.24. The van der Waals surface area contributed by atoms with Gasteiger partial charge >= 0.3 is 6.36 Å². The van der Waals surface area contributed by atoms with Crippen LogP contribution in [0.2, 0.25) is 0 Å². The van der Waals surface area contributed by atoms with Gasteiger partial charge < -0.3 is 15.0 Å². The SMILES string of the molecule is O=C(NC1CC1)C1CCCN1C(=O)c1ccc(OC(F)(F)F)cc1. The zero-order valence-corrected chi connectivity index (χ0v) is 12.8. The summed E-state index contributed by atoms with van der Waals surface area (Å²) in [6, 6.07) is 4.44. The first kappa shape index (κ1) is 16.6. The minimum Gasteiger partial charge on any atom is -0.406 e. The highest BCUT2D eigenvalue weighted by Crippen LogP contribution is 2.26. The van der Waals surface area contributed by atoms with E-state index >= 15 is 0 Å². The Labute approximate surface area is 136 Å². The summed E-state index contributed by atoms with van der Waals surface area (Å²) in [4.78, 5) is 26.2. The Morgan fingerprint density at radius 1 is 1.12 bits per heavy atom. The zero-order chi connectivity index (χ0) is 17.3. The van der Waals surface area contributed by atoms with Crippen molar-refractivity contribution in [3.05, 3.63) is 29.8 Å². The second-order valence-electron chi connectivity index (χ2n) is 6.01. The summed E-state index contributed by atoms with van der Waals surface area (Å²) in [5.41, 5.74) is 0.232. The summed E-state index contributed by atoms with van der Waals surface area (Å²) in [5, 5.41) is 2.89. The molecular formula is C16H17F3N2O3. The van der Waals surface area contributed by atoms with E-state index in [1.54, 1.807) is 0 Å². The topological polar surface area (TPSA) is 58.6 Å². The fraction of sp³-hybridized carbons (Fsp3) is 0.500. The van der Waals surface area contributed by atoms with E-state index in [0.717, 1.165) is 31.4 Å². The molecule has 1 atom stereocenters. The summed E-state index contributed by atoms with van der Waals surface area (Å²) in [6.45, 7) is 0.461. The highest BCUT2D eigenvalue weighted by Gasteiger charge is 2.37. The molecule has 1 N–H and O–H groups in total. The van der Waals surface area contributed by atoms with Gasteiger partial charge in [0.1, 0.15) is 11.8 Å². The number of carbonyl (C=O) groups excluding carboxylic acids is 2. The lowest BCUT2D eigenvalue weighted by Crippen LogP contribution is -2.46. The maximum absolute atomic E-state index is 12.5. The molecule has 8 heteroatoms. The lowest BCUT2D eigenvalue weighted by molar-refractivity contribution is -0.274. The van der Waals surface area contributed by atoms with Crippen molar-refractivity contribution in [2.45, 2.75) is 44.1 Å². The van der Waals surface area contributed by atoms with Crippen molar-refractivity contribution in [3.8, 4) is 5.75 Å². The molecule has 0 aromatic heterocycles. The van der Waals surface area contributed by atoms with Gasteiger partial charge in [0.25, 0.3) is 5.91 Å². The molecule has 0 spiro atoms. The van der Waals surface area contributed by atoms with Crippen molar-refractivity contribution in [3.63, 3.8) is 0 Å². The van der Waals surface area contributed by atoms with Gasteiger partial charge in [0.05, 0.1) is 0 Å². The van der Waals surface area contributed by atoms with Crippen molar-refractivity contribution in [1.29, 1.82) is 0 Å². The van der Waals surface area contributed by atoms with Crippen LogP contribution in [0.4, 0.5) is 13.2 Å². The van der Waals surface area contributed by atoms with Gasteiger partial charge in [-0.05, 0) is 49.9 Å². The van der Waals surface area contributed by atoms with Crippen LogP contribution in [0.3, 0.4) is 0 Å². The van der Waals surface area contributed by atoms with Crippen molar-refractivity contribution < 1.29 is 27.5 Å². The van der Waals surface area contributed by atoms with E-state index in [4.69, 9.17) is 0 Å². The van der Waals surface area contributed by atoms with E-state index in [-0.39, 0.29) is 29.2 Å². The normalized spacial score (nSPS) is 20.8. The number of nitrogens with one attached hydrogen (secondary N) is 1. The first-order valence-electron chi connectivity index (χ1n) is 7.80. The van der Waals surface area contributed by atoms with Crippen LogP contribution in [0.1, 0.15) is 36.0 Å². The first-order chi connectivity index (χ1) is 11.3. The molecule has 24 heavy (non-hydrogen) atoms. The van der Waals surface area contributed by atoms with Crippen molar-refractivity contribution in [2.75, 3.05) is 6.54 Å². The van der Waals surface area contributed by atoms with Crippen LogP contribution in [0.25, 0.3) is 0 Å². The fourth-order valence-electron chi connectivity index (χ4n) is 2.77. The average Bonchev–Trinajstić information content (AvgIpc) is 3.18. The van der Waals surface area contributed by atoms with Gasteiger partial charge in [-0.2, -0.15) is 0 Å². The number of nitrogens with zero attached hydrogens (tertiary/aromatic N) is 1. The molecule has 3 rings (SSSR count). The van der Waals surface area contributed by atoms with Gasteiger partial charge in [-0.3, -0.25) is 9.59 Å². The minimum atomic E-state index is -4.77. The molecule has 1 saturated carbocycles. The molecule has 130 valence electrons. The minimum absolute atomic E-state index is 0.152. The van der Waals surface area contributed by atoms with Crippen LogP contribution in [0, 0.1) is 0 Å². The van der Waals surface area contributed by atoms with Crippen LogP contribution < -0.4 is 10.1 Å². The van der Waals surface area contributed by atoms with Crippen LogP contribution in [-0.2, 0) is 4.79 Å². The van der Waals surface area contributed by atoms with Crippen LogP contribution in [0.5, 0.6) is 5.75 Å². The third kappa shape index (κ3) is 3.98. The molecule has 0 bridgehead atoms. The predicted molar refractivity (Wildman–Crippen MR) is 78.3 cm³/mol. The molecule has 1 aliphatic carbocycles. The number of alkyl halides is 3. The van der Waals surface area contributed by atoms with E-state index in [1.807, 2.05) is 0 Å². The van der Waals surface area contributed by atoms with Crippen LogP contribution in [-0.4, -0.2) is 41.7 Å². The number of rotatable bonds is 4. The molecule has 2 aliphatic rings. The van der Waals surface area contributed by atoms with E-state index < -0.39 is 12.4 Å². The highest BCUT2D eigenvalue weighted by molar-refractivity contribution is 5.98. The number of halogens is 3. The lowest BCUT2D eigenvalue weighted by atomic mass is 10.1. The van der Waals surface area contributed by atoms with Gasteiger partial charge in [-0.15, -0.1) is 13.2 Å². The molecule has 1 heterocycles. The van der Waals surface area contributed by atoms with Gasteiger partial charge in [0, 0.05) is 18.2 Å². The molecule has 1 aromatic rings. The Morgan fingerprint density at radius 2 is 1.79 bits per heavy atom. The summed E-state index contributed by atoms with van der Waals surface area (Å²) >= 11 is 0. The second-order valence-corrected chi connectivity index (χ2v) is 6.01. The smallest absolute Gasteiger partial charge is 0.406 e. The first-order valence-corrected chi connectivity index (χ1v) is 7.80. The molecule has 2 fully saturated rings. The Hall–Kier alpha value is -2.25. The van der Waals surface area contributed by atoms with Crippen molar-refractivity contribution in [2.24, 2.45) is 0 Å². The molecule has 1 unspecified atom stereocenters. The molecule has 1 saturated heterocycles. The van der Waals surface area contributed by atoms with Gasteiger partial charge in [-0.25, -0.2) is 0 Å². The summed E-state index contributed by atoms with van der Waals surface area (Å²) in [7, 11) is 0. The Balaban J connectivity index is 1.67. The summed E-state index contributed by atoms with van der Waals surface area (Å²) < 4.78 is 40.2. The highest BCUT2D eigenvalue weighted by atomic mass is 19.4. The Bertz CT molecular complexity index is 626. The number of benzene rings is 1. The standard InChI is InChI=1S/C16H17F3N2O3/c17-16(18,19)24-12-7-3-10(4-8-12)15(23)21-9-1-2-13(21)14(22)20-11-5-6-11/h3-4,7-8,11,13H,1-2,5-6,9H2,(H,20,22). The molecule has 2 amide bonds. The van der Waals surface area contributed by atoms with Gasteiger partial charge in [0.15, 0.2) is 0 Å². The Kier molecular flexibility index (Phi) is 4.38. The summed E-state index contributed by atoms with van der Waals surface area (Å²) in [6.07, 6.45) is -1.52. The molecule has 1 aliphatic heterocycles. The van der Waals surface area contributed by atoms with E-state index in [0.29, 0.717) is 13.0 Å². The number of carbonyl (C=O) groups is 2. The van der Waals surface area contributed by atoms with E-state index in [1.165, 1.54) is 17.0 Å². The number of hydrogen-bond acceptors (Lipinski definition) is 3. The number of hydrogen-bond donors (Lipinski definition) is 1. The third-order valence-corrected chi connectivity index (χ3v) is 4.07. The van der Waals surface area contributed by atoms with Crippen LogP contribution in [0.15, 0.2) is 24.3 Å². The quantitative estimate of drug-likeness (QED) is 0.914. The Morgan fingerprint density at radius 3 is 2.38 bits per heavy atom. The van der Waals surface area contributed by atoms with Gasteiger partial charge in [-0.1, -0.05) is 0 Å². The zero-order valence-electron chi connectivity index (χ0n) is 12.8. The second kappa shape index (κ2) is 6.33. The maximum Gasteiger partial charge on any atom is 0.573 e. The molecule has 5 nitrogen and oxygen atoms in total. The average molecular weight is 342 g/mol.